The van der Waals surface area contributed by atoms with Crippen molar-refractivity contribution in [1.29, 1.82) is 0 Å². The molecule has 0 aliphatic carbocycles. The highest BCUT2D eigenvalue weighted by atomic mass is 16.6. The van der Waals surface area contributed by atoms with E-state index in [1.807, 2.05) is 0 Å². The molecule has 0 aromatic heterocycles. The van der Waals surface area contributed by atoms with Gasteiger partial charge in [0.2, 0.25) is 6.10 Å². The second kappa shape index (κ2) is 25.1. The van der Waals surface area contributed by atoms with Crippen molar-refractivity contribution in [3.8, 4) is 0 Å². The van der Waals surface area contributed by atoms with Gasteiger partial charge < -0.3 is 38.6 Å². The summed E-state index contributed by atoms with van der Waals surface area (Å²) >= 11 is 0. The average Bonchev–Trinajstić information content (AvgIpc) is 3.67. The number of ether oxygens (including phenoxy) is 5. The number of hydrogen-bond acceptors (Lipinski definition) is 13. The smallest absolute Gasteiger partial charge is 0.303 e. The average molecular weight is 797 g/mol. The quantitative estimate of drug-likeness (QED) is 0.0650. The number of nitrogens with zero attached hydrogens (tertiary/aromatic N) is 2. The molecule has 0 saturated carbocycles. The molecule has 1 unspecified atom stereocenters. The normalized spacial score (nSPS) is 19.6. The summed E-state index contributed by atoms with van der Waals surface area (Å²) in [6.07, 6.45) is 8.29. The molecule has 2 saturated heterocycles. The monoisotopic (exact) mass is 796 g/mol. The van der Waals surface area contributed by atoms with Crippen LogP contribution in [0.2, 0.25) is 0 Å². The zero-order valence-electron chi connectivity index (χ0n) is 34.0. The Morgan fingerprint density at radius 3 is 1.61 bits per heavy atom. The molecule has 2 fully saturated rings. The SMILES string of the molecule is CC(=O)OC[C@H](OC(C)=O)[C@@H](OC(C)=O)[C@H](OC(C)=O)[C@@H](OC(C)=O)C(=O)N1CCCCCCCCCCC12C(=O)N2CCCCCCCCCCCC(=O)O. The molecule has 2 amide bonds. The van der Waals surface area contributed by atoms with Crippen molar-refractivity contribution < 1.29 is 67.1 Å². The number of unbranched alkanes of at least 4 members (excludes halogenated alkanes) is 8. The Morgan fingerprint density at radius 1 is 0.607 bits per heavy atom. The first-order chi connectivity index (χ1) is 26.6. The predicted octanol–water partition coefficient (Wildman–Crippen LogP) is 5.15. The number of carboxylic acid groups (broad SMARTS) is 1. The summed E-state index contributed by atoms with van der Waals surface area (Å²) in [4.78, 5) is 105. The lowest BCUT2D eigenvalue weighted by Crippen LogP contribution is -2.60. The van der Waals surface area contributed by atoms with Crippen LogP contribution in [0, 0.1) is 0 Å². The third-order valence-corrected chi connectivity index (χ3v) is 10.0. The van der Waals surface area contributed by atoms with Gasteiger partial charge in [-0.25, -0.2) is 0 Å². The van der Waals surface area contributed by atoms with Gasteiger partial charge in [0.05, 0.1) is 0 Å². The number of carboxylic acids is 1. The van der Waals surface area contributed by atoms with Crippen LogP contribution in [0.1, 0.15) is 157 Å². The van der Waals surface area contributed by atoms with Crippen molar-refractivity contribution >= 4 is 47.6 Å². The number of aliphatic carboxylic acids is 1. The molecule has 0 aromatic carbocycles. The summed E-state index contributed by atoms with van der Waals surface area (Å²) in [5, 5.41) is 8.80. The lowest BCUT2D eigenvalue weighted by atomic mass is 9.97. The van der Waals surface area contributed by atoms with Gasteiger partial charge in [-0.15, -0.1) is 0 Å². The van der Waals surface area contributed by atoms with E-state index in [4.69, 9.17) is 28.8 Å². The minimum atomic E-state index is -1.96. The maximum absolute atomic E-state index is 15.0. The number of esters is 5. The fraction of sp³-hybridized carbons (Fsp3) is 0.800. The molecule has 318 valence electrons. The summed E-state index contributed by atoms with van der Waals surface area (Å²) in [5.41, 5.74) is -1.34. The van der Waals surface area contributed by atoms with Crippen LogP contribution in [0.4, 0.5) is 0 Å². The molecule has 2 aliphatic heterocycles. The highest BCUT2D eigenvalue weighted by Gasteiger charge is 2.67. The topological polar surface area (TPSA) is 209 Å². The van der Waals surface area contributed by atoms with Gasteiger partial charge in [0, 0.05) is 54.1 Å². The zero-order chi connectivity index (χ0) is 41.7. The maximum atomic E-state index is 15.0. The Hall–Kier alpha value is -4.24. The van der Waals surface area contributed by atoms with Crippen molar-refractivity contribution in [3.63, 3.8) is 0 Å². The van der Waals surface area contributed by atoms with Gasteiger partial charge in [-0.2, -0.15) is 0 Å². The van der Waals surface area contributed by atoms with Crippen LogP contribution in [0.25, 0.3) is 0 Å². The first kappa shape index (κ1) is 47.9. The van der Waals surface area contributed by atoms with Gasteiger partial charge in [-0.3, -0.25) is 38.4 Å². The fourth-order valence-corrected chi connectivity index (χ4v) is 7.42. The molecule has 2 rings (SSSR count). The Labute approximate surface area is 330 Å². The van der Waals surface area contributed by atoms with Crippen LogP contribution < -0.4 is 0 Å². The van der Waals surface area contributed by atoms with Crippen LogP contribution in [0.15, 0.2) is 0 Å². The Kier molecular flexibility index (Phi) is 21.5. The standard InChI is InChI=1S/C40H64N2O14/c1-28(43)52-27-33(53-29(2)44)35(54-30(3)45)36(55-31(4)46)37(56-32(5)47)38(50)41-25-21-17-13-10-8-12-16-20-24-40(41)39(51)42(40)26-22-18-14-9-6-7-11-15-19-23-34(48)49/h33,35-37H,6-27H2,1-5H3,(H,48,49)/t33-,35+,36-,37+,40?,42?/m0/s1. The van der Waals surface area contributed by atoms with E-state index in [1.54, 1.807) is 4.90 Å². The van der Waals surface area contributed by atoms with Gasteiger partial charge >= 0.3 is 35.8 Å². The largest absolute Gasteiger partial charge is 0.481 e. The van der Waals surface area contributed by atoms with Crippen molar-refractivity contribution in [2.75, 3.05) is 19.7 Å². The van der Waals surface area contributed by atoms with Crippen LogP contribution in [-0.2, 0) is 62.0 Å². The van der Waals surface area contributed by atoms with E-state index in [1.165, 1.54) is 4.90 Å². The molecule has 0 bridgehead atoms. The molecule has 16 nitrogen and oxygen atoms in total. The Bertz CT molecular complexity index is 1340. The lowest BCUT2D eigenvalue weighted by Gasteiger charge is -2.38. The third-order valence-electron chi connectivity index (χ3n) is 10.0. The van der Waals surface area contributed by atoms with Gasteiger partial charge in [0.25, 0.3) is 11.8 Å². The highest BCUT2D eigenvalue weighted by molar-refractivity contribution is 6.05. The number of carbonyl (C=O) groups excluding carboxylic acids is 7. The number of amides is 2. The van der Waals surface area contributed by atoms with E-state index in [-0.39, 0.29) is 18.9 Å². The van der Waals surface area contributed by atoms with E-state index < -0.39 is 78.4 Å². The summed E-state index contributed by atoms with van der Waals surface area (Å²) < 4.78 is 27.2. The summed E-state index contributed by atoms with van der Waals surface area (Å²) in [7, 11) is 0. The minimum absolute atomic E-state index is 0.122. The number of rotatable bonds is 22. The van der Waals surface area contributed by atoms with Crippen molar-refractivity contribution in [2.45, 2.75) is 187 Å². The summed E-state index contributed by atoms with van der Waals surface area (Å²) in [5.74, 6) is -6.31. The molecular formula is C40H64N2O14. The van der Waals surface area contributed by atoms with Gasteiger partial charge in [-0.05, 0) is 32.1 Å². The van der Waals surface area contributed by atoms with Crippen LogP contribution >= 0.6 is 0 Å². The minimum Gasteiger partial charge on any atom is -0.481 e. The molecule has 2 aliphatic rings. The maximum Gasteiger partial charge on any atom is 0.303 e. The Balaban J connectivity index is 2.45. The first-order valence-corrected chi connectivity index (χ1v) is 20.3. The van der Waals surface area contributed by atoms with Crippen LogP contribution in [0.3, 0.4) is 0 Å². The van der Waals surface area contributed by atoms with E-state index in [0.29, 0.717) is 38.6 Å². The first-order valence-electron chi connectivity index (χ1n) is 20.3. The lowest BCUT2D eigenvalue weighted by molar-refractivity contribution is -0.206. The molecular weight excluding hydrogens is 732 g/mol. The molecule has 0 radical (unpaired) electrons. The second-order valence-corrected chi connectivity index (χ2v) is 14.8. The number of carbonyl (C=O) groups is 8. The molecule has 56 heavy (non-hydrogen) atoms. The van der Waals surface area contributed by atoms with Crippen LogP contribution in [-0.4, -0.2) is 112 Å². The summed E-state index contributed by atoms with van der Waals surface area (Å²) in [6.45, 7) is 5.15. The van der Waals surface area contributed by atoms with Gasteiger partial charge in [0.15, 0.2) is 24.0 Å². The molecule has 1 N–H and O–H groups in total. The predicted molar refractivity (Wildman–Crippen MR) is 200 cm³/mol. The van der Waals surface area contributed by atoms with Crippen molar-refractivity contribution in [2.24, 2.45) is 0 Å². The van der Waals surface area contributed by atoms with Crippen LogP contribution in [0.5, 0.6) is 0 Å². The Morgan fingerprint density at radius 2 is 1.09 bits per heavy atom. The fourth-order valence-electron chi connectivity index (χ4n) is 7.42. The molecule has 0 aromatic rings. The molecule has 2 heterocycles. The zero-order valence-corrected chi connectivity index (χ0v) is 34.0. The van der Waals surface area contributed by atoms with E-state index in [0.717, 1.165) is 118 Å². The van der Waals surface area contributed by atoms with Crippen molar-refractivity contribution in [1.82, 2.24) is 9.80 Å². The van der Waals surface area contributed by atoms with Gasteiger partial charge in [-0.1, -0.05) is 83.5 Å². The van der Waals surface area contributed by atoms with E-state index in [2.05, 4.69) is 0 Å². The van der Waals surface area contributed by atoms with Crippen molar-refractivity contribution in [3.05, 3.63) is 0 Å². The van der Waals surface area contributed by atoms with E-state index in [9.17, 15) is 33.6 Å². The summed E-state index contributed by atoms with van der Waals surface area (Å²) in [6, 6.07) is 0. The highest BCUT2D eigenvalue weighted by Crippen LogP contribution is 2.44. The third kappa shape index (κ3) is 16.5. The van der Waals surface area contributed by atoms with E-state index >= 15 is 4.79 Å². The number of hydrogen-bond donors (Lipinski definition) is 1. The second-order valence-electron chi connectivity index (χ2n) is 14.8. The van der Waals surface area contributed by atoms with Gasteiger partial charge in [0.1, 0.15) is 6.61 Å². The molecule has 1 spiro atoms. The molecule has 5 atom stereocenters. The molecule has 16 heteroatoms.